The summed E-state index contributed by atoms with van der Waals surface area (Å²) in [6, 6.07) is 5.70. The summed E-state index contributed by atoms with van der Waals surface area (Å²) < 4.78 is 12.5. The highest BCUT2D eigenvalue weighted by molar-refractivity contribution is 5.19. The molecule has 1 atom stereocenters. The predicted molar refractivity (Wildman–Crippen MR) is 48.6 cm³/mol. The molecule has 3 nitrogen and oxygen atoms in total. The van der Waals surface area contributed by atoms with Gasteiger partial charge in [0.15, 0.2) is 0 Å². The largest absolute Gasteiger partial charge is 0.324 e. The SMILES string of the molecule is NC(CCN=O)c1ccc(F)cc1. The average Bonchev–Trinajstić information content (AvgIpc) is 2.15. The topological polar surface area (TPSA) is 55.4 Å². The normalized spacial score (nSPS) is 12.5. The molecule has 0 amide bonds. The molecule has 0 saturated carbocycles. The first kappa shape index (κ1) is 9.80. The Morgan fingerprint density at radius 3 is 2.54 bits per heavy atom. The van der Waals surface area contributed by atoms with Crippen LogP contribution in [0.25, 0.3) is 0 Å². The molecular weight excluding hydrogens is 171 g/mol. The average molecular weight is 182 g/mol. The van der Waals surface area contributed by atoms with E-state index in [4.69, 9.17) is 5.73 Å². The van der Waals surface area contributed by atoms with Gasteiger partial charge in [-0.25, -0.2) is 4.39 Å². The Hall–Kier alpha value is -1.29. The molecule has 0 saturated heterocycles. The van der Waals surface area contributed by atoms with Crippen molar-refractivity contribution < 1.29 is 4.39 Å². The fourth-order valence-corrected chi connectivity index (χ4v) is 1.07. The summed E-state index contributed by atoms with van der Waals surface area (Å²) in [7, 11) is 0. The minimum Gasteiger partial charge on any atom is -0.324 e. The van der Waals surface area contributed by atoms with E-state index in [1.165, 1.54) is 12.1 Å². The summed E-state index contributed by atoms with van der Waals surface area (Å²) in [5.41, 5.74) is 6.53. The lowest BCUT2D eigenvalue weighted by atomic mass is 10.1. The Morgan fingerprint density at radius 1 is 1.38 bits per heavy atom. The lowest BCUT2D eigenvalue weighted by Gasteiger charge is -2.08. The highest BCUT2D eigenvalue weighted by Gasteiger charge is 2.04. The second-order valence-electron chi connectivity index (χ2n) is 2.80. The highest BCUT2D eigenvalue weighted by atomic mass is 19.1. The molecule has 0 aromatic heterocycles. The van der Waals surface area contributed by atoms with Gasteiger partial charge in [0.25, 0.3) is 0 Å². The fourth-order valence-electron chi connectivity index (χ4n) is 1.07. The number of hydrogen-bond acceptors (Lipinski definition) is 3. The third-order valence-corrected chi connectivity index (χ3v) is 1.83. The Balaban J connectivity index is 2.60. The van der Waals surface area contributed by atoms with Crippen molar-refractivity contribution in [1.29, 1.82) is 0 Å². The number of rotatable bonds is 4. The van der Waals surface area contributed by atoms with Gasteiger partial charge in [0.05, 0.1) is 6.54 Å². The summed E-state index contributed by atoms with van der Waals surface area (Å²) in [5, 5.41) is 2.71. The van der Waals surface area contributed by atoms with E-state index in [1.54, 1.807) is 12.1 Å². The minimum atomic E-state index is -0.288. The molecule has 0 bridgehead atoms. The van der Waals surface area contributed by atoms with E-state index in [1.807, 2.05) is 0 Å². The summed E-state index contributed by atoms with van der Waals surface area (Å²) in [4.78, 5) is 9.83. The van der Waals surface area contributed by atoms with Crippen molar-refractivity contribution >= 4 is 0 Å². The number of halogens is 1. The summed E-state index contributed by atoms with van der Waals surface area (Å²) in [6.07, 6.45) is 0.495. The van der Waals surface area contributed by atoms with Gasteiger partial charge >= 0.3 is 0 Å². The third-order valence-electron chi connectivity index (χ3n) is 1.83. The van der Waals surface area contributed by atoms with Gasteiger partial charge in [0.2, 0.25) is 0 Å². The number of nitroso groups, excluding NO2 is 1. The summed E-state index contributed by atoms with van der Waals surface area (Å²) in [5.74, 6) is -0.288. The zero-order chi connectivity index (χ0) is 9.68. The molecule has 1 aromatic carbocycles. The van der Waals surface area contributed by atoms with Crippen LogP contribution in [-0.4, -0.2) is 6.54 Å². The van der Waals surface area contributed by atoms with Gasteiger partial charge in [0.1, 0.15) is 5.82 Å². The number of nitrogens with two attached hydrogens (primary N) is 1. The van der Waals surface area contributed by atoms with Crippen molar-refractivity contribution in [3.63, 3.8) is 0 Å². The molecule has 0 fully saturated rings. The van der Waals surface area contributed by atoms with Crippen LogP contribution >= 0.6 is 0 Å². The van der Waals surface area contributed by atoms with Crippen LogP contribution in [0.1, 0.15) is 18.0 Å². The second kappa shape index (κ2) is 4.67. The van der Waals surface area contributed by atoms with Crippen LogP contribution in [0.5, 0.6) is 0 Å². The number of hydrogen-bond donors (Lipinski definition) is 1. The standard InChI is InChI=1S/C9H11FN2O/c10-8-3-1-7(2-4-8)9(11)5-6-12-13/h1-4,9H,5-6,11H2. The van der Waals surface area contributed by atoms with Crippen molar-refractivity contribution in [2.45, 2.75) is 12.5 Å². The predicted octanol–water partition coefficient (Wildman–Crippen LogP) is 1.98. The molecule has 13 heavy (non-hydrogen) atoms. The molecule has 0 spiro atoms. The molecule has 4 heteroatoms. The molecule has 1 rings (SSSR count). The third kappa shape index (κ3) is 2.91. The summed E-state index contributed by atoms with van der Waals surface area (Å²) in [6.45, 7) is 0.193. The van der Waals surface area contributed by atoms with E-state index >= 15 is 0 Å². The van der Waals surface area contributed by atoms with Gasteiger partial charge in [0, 0.05) is 6.04 Å². The quantitative estimate of drug-likeness (QED) is 0.724. The smallest absolute Gasteiger partial charge is 0.123 e. The molecule has 0 radical (unpaired) electrons. The summed E-state index contributed by atoms with van der Waals surface area (Å²) >= 11 is 0. The molecule has 1 aromatic rings. The van der Waals surface area contributed by atoms with Crippen LogP contribution in [-0.2, 0) is 0 Å². The van der Waals surface area contributed by atoms with E-state index in [-0.39, 0.29) is 18.4 Å². The number of benzene rings is 1. The van der Waals surface area contributed by atoms with Crippen LogP contribution in [0, 0.1) is 10.7 Å². The van der Waals surface area contributed by atoms with Gasteiger partial charge < -0.3 is 5.73 Å². The minimum absolute atomic E-state index is 0.193. The molecule has 1 unspecified atom stereocenters. The maximum absolute atomic E-state index is 12.5. The van der Waals surface area contributed by atoms with E-state index < -0.39 is 0 Å². The molecule has 0 aliphatic carbocycles. The molecule has 0 aliphatic heterocycles. The van der Waals surface area contributed by atoms with Gasteiger partial charge in [-0.15, -0.1) is 0 Å². The molecule has 70 valence electrons. The Labute approximate surface area is 75.7 Å². The lowest BCUT2D eigenvalue weighted by molar-refractivity contribution is 0.620. The molecule has 0 heterocycles. The molecular formula is C9H11FN2O. The first-order valence-electron chi connectivity index (χ1n) is 4.04. The van der Waals surface area contributed by atoms with E-state index in [0.717, 1.165) is 5.56 Å². The lowest BCUT2D eigenvalue weighted by Crippen LogP contribution is -2.11. The van der Waals surface area contributed by atoms with Crippen LogP contribution in [0.3, 0.4) is 0 Å². The van der Waals surface area contributed by atoms with Crippen LogP contribution in [0.2, 0.25) is 0 Å². The van der Waals surface area contributed by atoms with Crippen LogP contribution in [0.15, 0.2) is 29.4 Å². The Bertz CT molecular complexity index is 273. The van der Waals surface area contributed by atoms with Crippen molar-refractivity contribution in [1.82, 2.24) is 0 Å². The van der Waals surface area contributed by atoms with Crippen LogP contribution in [0.4, 0.5) is 4.39 Å². The van der Waals surface area contributed by atoms with Crippen molar-refractivity contribution in [2.24, 2.45) is 10.9 Å². The van der Waals surface area contributed by atoms with E-state index in [2.05, 4.69) is 5.18 Å². The first-order valence-corrected chi connectivity index (χ1v) is 4.04. The Kier molecular flexibility index (Phi) is 3.52. The molecule has 2 N–H and O–H groups in total. The van der Waals surface area contributed by atoms with Crippen molar-refractivity contribution in [2.75, 3.05) is 6.54 Å². The van der Waals surface area contributed by atoms with Gasteiger partial charge in [-0.05, 0) is 24.1 Å². The number of nitrogens with zero attached hydrogens (tertiary/aromatic N) is 1. The highest BCUT2D eigenvalue weighted by Crippen LogP contribution is 2.14. The maximum atomic E-state index is 12.5. The van der Waals surface area contributed by atoms with E-state index in [9.17, 15) is 9.30 Å². The van der Waals surface area contributed by atoms with Crippen LogP contribution < -0.4 is 5.73 Å². The van der Waals surface area contributed by atoms with Gasteiger partial charge in [-0.2, -0.15) is 4.91 Å². The monoisotopic (exact) mass is 182 g/mol. The zero-order valence-electron chi connectivity index (χ0n) is 7.11. The zero-order valence-corrected chi connectivity index (χ0v) is 7.11. The first-order chi connectivity index (χ1) is 6.24. The van der Waals surface area contributed by atoms with Crippen molar-refractivity contribution in [3.05, 3.63) is 40.6 Å². The van der Waals surface area contributed by atoms with Crippen molar-refractivity contribution in [3.8, 4) is 0 Å². The maximum Gasteiger partial charge on any atom is 0.123 e. The fraction of sp³-hybridized carbons (Fsp3) is 0.333. The Morgan fingerprint density at radius 2 is 2.00 bits per heavy atom. The van der Waals surface area contributed by atoms with Gasteiger partial charge in [-0.3, -0.25) is 0 Å². The second-order valence-corrected chi connectivity index (χ2v) is 2.80. The van der Waals surface area contributed by atoms with Gasteiger partial charge in [-0.1, -0.05) is 17.3 Å². The van der Waals surface area contributed by atoms with E-state index in [0.29, 0.717) is 6.42 Å². The molecule has 0 aliphatic rings.